The van der Waals surface area contributed by atoms with Crippen LogP contribution in [0.1, 0.15) is 46.5 Å². The van der Waals surface area contributed by atoms with E-state index in [1.807, 2.05) is 44.2 Å². The zero-order valence-electron chi connectivity index (χ0n) is 15.5. The van der Waals surface area contributed by atoms with Crippen molar-refractivity contribution >= 4 is 17.7 Å². The maximum Gasteiger partial charge on any atom is 0.261 e. The molecule has 5 heteroatoms. The quantitative estimate of drug-likeness (QED) is 0.769. The zero-order valence-corrected chi connectivity index (χ0v) is 15.5. The van der Waals surface area contributed by atoms with Crippen molar-refractivity contribution in [3.05, 3.63) is 71.3 Å². The maximum atomic E-state index is 13.4. The van der Waals surface area contributed by atoms with Crippen LogP contribution in [0.4, 0.5) is 0 Å². The van der Waals surface area contributed by atoms with Gasteiger partial charge >= 0.3 is 0 Å². The van der Waals surface area contributed by atoms with E-state index in [9.17, 15) is 14.4 Å². The maximum absolute atomic E-state index is 13.4. The summed E-state index contributed by atoms with van der Waals surface area (Å²) in [5, 5.41) is 0. The van der Waals surface area contributed by atoms with Gasteiger partial charge in [0.05, 0.1) is 22.6 Å². The SMILES string of the molecule is CCN(CC)C(=O)[C@@]1(c2ccccc2)C[C@@H]1N1C(=O)c2ccccc2C1=O. The lowest BCUT2D eigenvalue weighted by Crippen LogP contribution is -2.45. The largest absolute Gasteiger partial charge is 0.342 e. The Morgan fingerprint density at radius 3 is 2.00 bits per heavy atom. The van der Waals surface area contributed by atoms with Gasteiger partial charge in [-0.15, -0.1) is 0 Å². The fourth-order valence-corrected chi connectivity index (χ4v) is 4.24. The van der Waals surface area contributed by atoms with Crippen LogP contribution >= 0.6 is 0 Å². The van der Waals surface area contributed by atoms with Crippen LogP contribution in [0.25, 0.3) is 0 Å². The molecule has 1 heterocycles. The summed E-state index contributed by atoms with van der Waals surface area (Å²) in [6.45, 7) is 5.08. The van der Waals surface area contributed by atoms with Gasteiger partial charge in [0.1, 0.15) is 0 Å². The molecule has 1 saturated carbocycles. The number of nitrogens with zero attached hydrogens (tertiary/aromatic N) is 2. The lowest BCUT2D eigenvalue weighted by molar-refractivity contribution is -0.134. The summed E-state index contributed by atoms with van der Waals surface area (Å²) in [7, 11) is 0. The van der Waals surface area contributed by atoms with E-state index in [-0.39, 0.29) is 17.7 Å². The van der Waals surface area contributed by atoms with Gasteiger partial charge in [0.2, 0.25) is 5.91 Å². The van der Waals surface area contributed by atoms with Gasteiger partial charge in [-0.25, -0.2) is 0 Å². The molecule has 2 atom stereocenters. The molecule has 2 aliphatic rings. The van der Waals surface area contributed by atoms with Gasteiger partial charge in [-0.2, -0.15) is 0 Å². The second-order valence-electron chi connectivity index (χ2n) is 7.06. The fourth-order valence-electron chi connectivity index (χ4n) is 4.24. The lowest BCUT2D eigenvalue weighted by Gasteiger charge is -2.28. The summed E-state index contributed by atoms with van der Waals surface area (Å²) >= 11 is 0. The molecule has 4 rings (SSSR count). The molecule has 1 aliphatic carbocycles. The number of imide groups is 1. The van der Waals surface area contributed by atoms with E-state index in [0.717, 1.165) is 5.56 Å². The summed E-state index contributed by atoms with van der Waals surface area (Å²) in [4.78, 5) is 42.3. The number of carbonyl (C=O) groups is 3. The highest BCUT2D eigenvalue weighted by Gasteiger charge is 2.67. The molecule has 138 valence electrons. The molecule has 2 aromatic rings. The van der Waals surface area contributed by atoms with Crippen molar-refractivity contribution in [2.24, 2.45) is 0 Å². The Bertz CT molecular complexity index is 885. The minimum Gasteiger partial charge on any atom is -0.342 e. The van der Waals surface area contributed by atoms with Crippen molar-refractivity contribution in [1.29, 1.82) is 0 Å². The van der Waals surface area contributed by atoms with E-state index in [0.29, 0.717) is 30.6 Å². The first-order valence-electron chi connectivity index (χ1n) is 9.38. The molecule has 0 radical (unpaired) electrons. The van der Waals surface area contributed by atoms with Crippen LogP contribution in [-0.4, -0.2) is 46.7 Å². The molecular formula is C22H22N2O3. The van der Waals surface area contributed by atoms with Gasteiger partial charge in [-0.05, 0) is 38.0 Å². The van der Waals surface area contributed by atoms with E-state index in [1.54, 1.807) is 29.2 Å². The van der Waals surface area contributed by atoms with Crippen molar-refractivity contribution in [2.45, 2.75) is 31.7 Å². The van der Waals surface area contributed by atoms with Gasteiger partial charge in [0, 0.05) is 13.1 Å². The Morgan fingerprint density at radius 1 is 0.963 bits per heavy atom. The molecule has 0 N–H and O–H groups in total. The Morgan fingerprint density at radius 2 is 1.48 bits per heavy atom. The third-order valence-electron chi connectivity index (χ3n) is 5.78. The first kappa shape index (κ1) is 17.5. The number of rotatable bonds is 5. The second kappa shape index (κ2) is 6.34. The minimum atomic E-state index is -0.847. The van der Waals surface area contributed by atoms with Crippen LogP contribution in [0.2, 0.25) is 0 Å². The van der Waals surface area contributed by atoms with Gasteiger partial charge in [0.25, 0.3) is 11.8 Å². The molecule has 0 spiro atoms. The summed E-state index contributed by atoms with van der Waals surface area (Å²) < 4.78 is 0. The Labute approximate surface area is 158 Å². The van der Waals surface area contributed by atoms with Crippen molar-refractivity contribution in [3.8, 4) is 0 Å². The van der Waals surface area contributed by atoms with Crippen molar-refractivity contribution in [2.75, 3.05) is 13.1 Å². The Balaban J connectivity index is 1.76. The van der Waals surface area contributed by atoms with Crippen molar-refractivity contribution in [3.63, 3.8) is 0 Å². The first-order valence-corrected chi connectivity index (χ1v) is 9.38. The highest BCUT2D eigenvalue weighted by Crippen LogP contribution is 2.54. The molecule has 0 unspecified atom stereocenters. The molecule has 0 aromatic heterocycles. The van der Waals surface area contributed by atoms with Gasteiger partial charge < -0.3 is 4.90 Å². The highest BCUT2D eigenvalue weighted by atomic mass is 16.2. The predicted octanol–water partition coefficient (Wildman–Crippen LogP) is 2.86. The second-order valence-corrected chi connectivity index (χ2v) is 7.06. The molecule has 27 heavy (non-hydrogen) atoms. The van der Waals surface area contributed by atoms with Gasteiger partial charge in [0.15, 0.2) is 0 Å². The van der Waals surface area contributed by atoms with Crippen molar-refractivity contribution < 1.29 is 14.4 Å². The van der Waals surface area contributed by atoms with E-state index in [4.69, 9.17) is 0 Å². The third kappa shape index (κ3) is 2.41. The van der Waals surface area contributed by atoms with Crippen LogP contribution in [0.5, 0.6) is 0 Å². The molecule has 3 amide bonds. The van der Waals surface area contributed by atoms with E-state index >= 15 is 0 Å². The monoisotopic (exact) mass is 362 g/mol. The number of carbonyl (C=O) groups excluding carboxylic acids is 3. The molecule has 1 fully saturated rings. The number of benzene rings is 2. The lowest BCUT2D eigenvalue weighted by atomic mass is 9.92. The zero-order chi connectivity index (χ0) is 19.2. The summed E-state index contributed by atoms with van der Waals surface area (Å²) in [5.74, 6) is -0.614. The van der Waals surface area contributed by atoms with Gasteiger partial charge in [-0.3, -0.25) is 19.3 Å². The van der Waals surface area contributed by atoms with Crippen molar-refractivity contribution in [1.82, 2.24) is 9.80 Å². The van der Waals surface area contributed by atoms with E-state index in [1.165, 1.54) is 4.90 Å². The molecule has 1 aliphatic heterocycles. The summed E-state index contributed by atoms with van der Waals surface area (Å²) in [6.07, 6.45) is 0.470. The average Bonchev–Trinajstić information content (AvgIpc) is 3.40. The molecule has 0 saturated heterocycles. The number of hydrogen-bond donors (Lipinski definition) is 0. The molecule has 0 bridgehead atoms. The highest BCUT2D eigenvalue weighted by molar-refractivity contribution is 6.22. The first-order chi connectivity index (χ1) is 13.1. The molecule has 2 aromatic carbocycles. The number of amides is 3. The average molecular weight is 362 g/mol. The van der Waals surface area contributed by atoms with Crippen LogP contribution in [-0.2, 0) is 10.2 Å². The van der Waals surface area contributed by atoms with Crippen LogP contribution in [0, 0.1) is 0 Å². The number of likely N-dealkylation sites (N-methyl/N-ethyl adjacent to an activating group) is 1. The summed E-state index contributed by atoms with van der Waals surface area (Å²) in [5.41, 5.74) is 0.863. The third-order valence-corrected chi connectivity index (χ3v) is 5.78. The van der Waals surface area contributed by atoms with E-state index in [2.05, 4.69) is 0 Å². The van der Waals surface area contributed by atoms with Gasteiger partial charge in [-0.1, -0.05) is 42.5 Å². The molecular weight excluding hydrogens is 340 g/mol. The normalized spacial score (nSPS) is 23.3. The predicted molar refractivity (Wildman–Crippen MR) is 101 cm³/mol. The van der Waals surface area contributed by atoms with E-state index < -0.39 is 11.5 Å². The number of fused-ring (bicyclic) bond motifs is 1. The Hall–Kier alpha value is -2.95. The van der Waals surface area contributed by atoms with Crippen LogP contribution in [0.3, 0.4) is 0 Å². The smallest absolute Gasteiger partial charge is 0.261 e. The molecule has 5 nitrogen and oxygen atoms in total. The standard InChI is InChI=1S/C22H22N2O3/c1-3-23(4-2)21(27)22(15-10-6-5-7-11-15)14-18(22)24-19(25)16-12-8-9-13-17(16)20(24)26/h5-13,18H,3-4,14H2,1-2H3/t18-,22+/m0/s1. The number of hydrogen-bond acceptors (Lipinski definition) is 3. The fraction of sp³-hybridized carbons (Fsp3) is 0.318. The van der Waals surface area contributed by atoms with Crippen LogP contribution < -0.4 is 0 Å². The Kier molecular flexibility index (Phi) is 4.10. The summed E-state index contributed by atoms with van der Waals surface area (Å²) in [6, 6.07) is 15.9. The topological polar surface area (TPSA) is 57.7 Å². The van der Waals surface area contributed by atoms with Crippen LogP contribution in [0.15, 0.2) is 54.6 Å². The minimum absolute atomic E-state index is 0.0137.